The summed E-state index contributed by atoms with van der Waals surface area (Å²) < 4.78 is 11.1. The minimum atomic E-state index is -1.18. The first-order valence-corrected chi connectivity index (χ1v) is 24.6. The molecule has 2 aliphatic carbocycles. The molecule has 2 aromatic heterocycles. The molecule has 0 amide bonds. The fourth-order valence-electron chi connectivity index (χ4n) is 11.2. The molecule has 0 aromatic carbocycles. The third kappa shape index (κ3) is 10.3. The van der Waals surface area contributed by atoms with Gasteiger partial charge in [-0.1, -0.05) is 136 Å². The van der Waals surface area contributed by atoms with Crippen LogP contribution in [0.3, 0.4) is 0 Å². The van der Waals surface area contributed by atoms with Crippen LogP contribution in [0.25, 0.3) is 28.4 Å². The molecule has 2 aromatic rings. The number of hydrogen-bond acceptors (Lipinski definition) is 6. The van der Waals surface area contributed by atoms with Crippen LogP contribution in [0.15, 0.2) is 52.5 Å². The first-order chi connectivity index (χ1) is 31.0. The molecule has 2 fully saturated rings. The largest absolute Gasteiger partial charge is 2.00 e. The van der Waals surface area contributed by atoms with Gasteiger partial charge in [-0.25, -0.2) is 0 Å². The van der Waals surface area contributed by atoms with Crippen molar-refractivity contribution in [1.82, 2.24) is 9.97 Å². The summed E-state index contributed by atoms with van der Waals surface area (Å²) in [6.07, 6.45) is 19.1. The number of hydrogen-bond donors (Lipinski definition) is 2. The number of nitrogens with zero attached hydrogens (tertiary/aromatic N) is 4. The number of aliphatic hydroxyl groups is 2. The monoisotopic (exact) mass is 911 g/mol. The predicted octanol–water partition coefficient (Wildman–Crippen LogP) is 9.36. The molecule has 0 radical (unpaired) electrons. The van der Waals surface area contributed by atoms with Gasteiger partial charge in [0, 0.05) is 13.0 Å². The van der Waals surface area contributed by atoms with E-state index in [0.29, 0.717) is 46.5 Å². The number of methoxy groups -OCH3 is 1. The van der Waals surface area contributed by atoms with Gasteiger partial charge in [0.15, 0.2) is 0 Å². The second-order valence-corrected chi connectivity index (χ2v) is 20.3. The van der Waals surface area contributed by atoms with Gasteiger partial charge in [-0.15, -0.1) is 33.9 Å². The van der Waals surface area contributed by atoms with Crippen molar-refractivity contribution in [3.05, 3.63) is 108 Å². The summed E-state index contributed by atoms with van der Waals surface area (Å²) in [7, 11) is 1.34. The maximum Gasteiger partial charge on any atom is 2.00 e. The molecule has 1 spiro atoms. The molecule has 8 bridgehead atoms. The number of rotatable bonds is 20. The molecule has 1 saturated carbocycles. The summed E-state index contributed by atoms with van der Waals surface area (Å²) in [6, 6.07) is 0. The molecule has 5 aliphatic rings. The van der Waals surface area contributed by atoms with Crippen LogP contribution in [0.4, 0.5) is 0 Å². The molecule has 3 aliphatic heterocycles. The number of fused-ring (bicyclic) bond motifs is 6. The Morgan fingerprint density at radius 2 is 1.61 bits per heavy atom. The standard InChI is InChI=1S/C55H74N4O6.Mg/c1-12-39-34(6)45-28-55-38(10)50(55)37(9)43(59-55)26-41-35(7)40(51(57-41)48-49(54(63)64-11)53(62)47-36(8)42(58-52(47)48)27-44(39)56-45)22-23-46(61)65-25-24-32(4)20-14-18-30(2)16-13-17-31(3)19-15-21-33(5)29-60;/h24,26-28,30-31,33,35,40,49-50,53,60,62H,10,12-23,25,29H2,1-9,11H3;/q-4;+2/b32-24-,41-26-,44-27-,45-28-,51-48-;/t30-,31-,33+,35-,40-,49+,50-,53-,55+;/m0./s1. The average Bonchev–Trinajstić information content (AvgIpc) is 3.74. The number of esters is 2. The first kappa shape index (κ1) is 51.6. The second-order valence-electron chi connectivity index (χ2n) is 20.3. The second kappa shape index (κ2) is 21.7. The zero-order valence-electron chi connectivity index (χ0n) is 41.6. The number of aliphatic hydroxyl groups excluding tert-OH is 2. The Kier molecular flexibility index (Phi) is 16.9. The topological polar surface area (TPSA) is 149 Å². The fraction of sp³-hybridized carbons (Fsp3) is 0.600. The van der Waals surface area contributed by atoms with E-state index in [1.165, 1.54) is 51.2 Å². The van der Waals surface area contributed by atoms with Crippen LogP contribution in [-0.2, 0) is 25.5 Å². The molecule has 7 rings (SSSR count). The number of ether oxygens (including phenoxy) is 2. The molecule has 10 nitrogen and oxygen atoms in total. The van der Waals surface area contributed by atoms with Crippen molar-refractivity contribution in [3.63, 3.8) is 0 Å². The van der Waals surface area contributed by atoms with Gasteiger partial charge in [0.1, 0.15) is 12.5 Å². The maximum atomic E-state index is 13.7. The van der Waals surface area contributed by atoms with Gasteiger partial charge in [0.2, 0.25) is 0 Å². The van der Waals surface area contributed by atoms with Crippen LogP contribution in [-0.4, -0.2) is 71.1 Å². The quantitative estimate of drug-likeness (QED) is 0.0759. The van der Waals surface area contributed by atoms with E-state index in [1.807, 2.05) is 19.1 Å². The van der Waals surface area contributed by atoms with E-state index < -0.39 is 23.5 Å². The average molecular weight is 912 g/mol. The molecular formula is C55H74MgN4O6-2. The Labute approximate surface area is 410 Å². The number of carbonyl (C=O) groups is 2. The summed E-state index contributed by atoms with van der Waals surface area (Å²) in [4.78, 5) is 37.4. The molecular weight excluding hydrogens is 837 g/mol. The number of aromatic nitrogens is 2. The summed E-state index contributed by atoms with van der Waals surface area (Å²) in [5.74, 6) is -0.336. The third-order valence-corrected chi connectivity index (χ3v) is 15.6. The van der Waals surface area contributed by atoms with E-state index in [9.17, 15) is 19.8 Å². The minimum absolute atomic E-state index is 0. The van der Waals surface area contributed by atoms with Gasteiger partial charge >= 0.3 is 35.0 Å². The molecule has 354 valence electrons. The van der Waals surface area contributed by atoms with Crippen molar-refractivity contribution >= 4 is 52.7 Å². The number of carbonyl (C=O) groups excluding carboxylic acids is 2. The minimum Gasteiger partial charge on any atom is -0.672 e. The molecule has 66 heavy (non-hydrogen) atoms. The molecule has 1 saturated heterocycles. The third-order valence-electron chi connectivity index (χ3n) is 15.6. The van der Waals surface area contributed by atoms with Crippen molar-refractivity contribution in [2.45, 2.75) is 151 Å². The van der Waals surface area contributed by atoms with Crippen molar-refractivity contribution in [2.75, 3.05) is 20.3 Å². The van der Waals surface area contributed by atoms with E-state index in [4.69, 9.17) is 30.1 Å². The van der Waals surface area contributed by atoms with E-state index in [0.717, 1.165) is 81.5 Å². The zero-order valence-corrected chi connectivity index (χ0v) is 43.0. The smallest absolute Gasteiger partial charge is 0.672 e. The summed E-state index contributed by atoms with van der Waals surface area (Å²) in [5, 5.41) is 33.6. The molecule has 2 N–H and O–H groups in total. The molecule has 9 atom stereocenters. The van der Waals surface area contributed by atoms with Crippen LogP contribution in [0.1, 0.15) is 159 Å². The molecule has 11 heteroatoms. The first-order valence-electron chi connectivity index (χ1n) is 24.6. The Balaban J connectivity index is 0.00000720. The van der Waals surface area contributed by atoms with Gasteiger partial charge in [-0.05, 0) is 107 Å². The van der Waals surface area contributed by atoms with E-state index in [1.54, 1.807) is 0 Å². The Morgan fingerprint density at radius 1 is 0.939 bits per heavy atom. The van der Waals surface area contributed by atoms with Crippen LogP contribution in [0.2, 0.25) is 0 Å². The van der Waals surface area contributed by atoms with Gasteiger partial charge in [0.25, 0.3) is 0 Å². The normalized spacial score (nSPS) is 28.1. The van der Waals surface area contributed by atoms with Gasteiger partial charge in [-0.2, -0.15) is 11.4 Å². The zero-order chi connectivity index (χ0) is 46.9. The van der Waals surface area contributed by atoms with Crippen molar-refractivity contribution in [3.8, 4) is 0 Å². The van der Waals surface area contributed by atoms with E-state index in [2.05, 4.69) is 74.1 Å². The Morgan fingerprint density at radius 3 is 2.26 bits per heavy atom. The van der Waals surface area contributed by atoms with Crippen LogP contribution >= 0.6 is 0 Å². The summed E-state index contributed by atoms with van der Waals surface area (Å²) >= 11 is 0. The van der Waals surface area contributed by atoms with E-state index >= 15 is 0 Å². The fourth-order valence-corrected chi connectivity index (χ4v) is 11.2. The predicted molar refractivity (Wildman–Crippen MR) is 264 cm³/mol. The van der Waals surface area contributed by atoms with Crippen molar-refractivity contribution in [1.29, 1.82) is 0 Å². The van der Waals surface area contributed by atoms with Crippen molar-refractivity contribution in [2.24, 2.45) is 41.4 Å². The van der Waals surface area contributed by atoms with Gasteiger partial charge in [-0.3, -0.25) is 9.59 Å². The maximum absolute atomic E-state index is 13.7. The van der Waals surface area contributed by atoms with Gasteiger partial charge < -0.3 is 40.3 Å². The van der Waals surface area contributed by atoms with Crippen LogP contribution < -0.4 is 20.7 Å². The molecule has 0 unspecified atom stereocenters. The Bertz CT molecular complexity index is 2420. The SMILES string of the molecule is C=C1[C@@H]2C(C)=C3/C=C4\[N-]/C(=C5\c6[n-]c(c(C)c6[C@H](O)[C@@H]5C(=O)OC)/C=c5\[n-]/c(c(C)c5CC)=C\[C@@]12[N-]3)[C@@H](CCC(=O)OC/C=C(/C)CCC[C@@H](C)CCC[C@H](C)CCC[C@@H](C)CO)[C@@H]4C.[Mg+2]. The summed E-state index contributed by atoms with van der Waals surface area (Å²) in [5.41, 5.74) is 10.6. The molecule has 5 heterocycles. The van der Waals surface area contributed by atoms with Crippen molar-refractivity contribution < 1.29 is 29.3 Å². The summed E-state index contributed by atoms with van der Waals surface area (Å²) in [6.45, 7) is 24.3. The van der Waals surface area contributed by atoms with E-state index in [-0.39, 0.29) is 66.4 Å². The van der Waals surface area contributed by atoms with Gasteiger partial charge in [0.05, 0.1) is 13.2 Å². The van der Waals surface area contributed by atoms with Crippen LogP contribution in [0.5, 0.6) is 0 Å². The van der Waals surface area contributed by atoms with Crippen LogP contribution in [0, 0.1) is 55.3 Å². The Hall–Kier alpha value is -3.77. The number of allylic oxidation sites excluding steroid dienone is 4.